The molecule has 2 heteroatoms. The van der Waals surface area contributed by atoms with Gasteiger partial charge in [0.2, 0.25) is 0 Å². The molecule has 0 aromatic heterocycles. The van der Waals surface area contributed by atoms with E-state index in [0.717, 1.165) is 17.7 Å². The Bertz CT molecular complexity index is 541. The number of hydrogen-bond donors (Lipinski definition) is 1. The van der Waals surface area contributed by atoms with E-state index in [1.807, 2.05) is 24.3 Å². The van der Waals surface area contributed by atoms with Gasteiger partial charge in [0.05, 0.1) is 11.6 Å². The fourth-order valence-corrected chi connectivity index (χ4v) is 1.95. The summed E-state index contributed by atoms with van der Waals surface area (Å²) in [7, 11) is 0. The van der Waals surface area contributed by atoms with Gasteiger partial charge < -0.3 is 0 Å². The highest BCUT2D eigenvalue weighted by atomic mass is 32.1. The summed E-state index contributed by atoms with van der Waals surface area (Å²) >= 11 is 4.36. The average Bonchev–Trinajstić information content (AvgIpc) is 2.49. The van der Waals surface area contributed by atoms with E-state index in [1.54, 1.807) is 12.1 Å². The molecule has 2 aromatic rings. The fourth-order valence-electron chi connectivity index (χ4n) is 1.65. The van der Waals surface area contributed by atoms with Crippen LogP contribution in [0.15, 0.2) is 53.4 Å². The molecule has 0 amide bonds. The van der Waals surface area contributed by atoms with Crippen LogP contribution in [0.25, 0.3) is 0 Å². The Morgan fingerprint density at radius 2 is 1.68 bits per heavy atom. The molecule has 2 aromatic carbocycles. The molecule has 0 atom stereocenters. The molecule has 0 aliphatic heterocycles. The molecule has 98 valence electrons. The zero-order valence-electron chi connectivity index (χ0n) is 11.4. The minimum Gasteiger partial charge on any atom is -0.192 e. The molecule has 0 aliphatic carbocycles. The summed E-state index contributed by atoms with van der Waals surface area (Å²) in [6.45, 7) is 4.33. The normalized spacial score (nSPS) is 9.16. The summed E-state index contributed by atoms with van der Waals surface area (Å²) in [5.74, 6) is 0. The highest BCUT2D eigenvalue weighted by Gasteiger charge is 1.96. The topological polar surface area (TPSA) is 23.8 Å². The van der Waals surface area contributed by atoms with E-state index >= 15 is 0 Å². The molecule has 0 aliphatic rings. The molecular formula is C17H19NS. The summed E-state index contributed by atoms with van der Waals surface area (Å²) in [5.41, 5.74) is 3.47. The molecule has 1 nitrogen and oxygen atoms in total. The first kappa shape index (κ1) is 15.3. The largest absolute Gasteiger partial charge is 0.192 e. The minimum atomic E-state index is 0.715. The predicted molar refractivity (Wildman–Crippen MR) is 83.6 cm³/mol. The number of nitriles is 1. The zero-order valence-corrected chi connectivity index (χ0v) is 12.3. The van der Waals surface area contributed by atoms with Crippen LogP contribution in [-0.4, -0.2) is 0 Å². The third-order valence-corrected chi connectivity index (χ3v) is 3.27. The van der Waals surface area contributed by atoms with Crippen LogP contribution >= 0.6 is 12.6 Å². The first-order valence-corrected chi connectivity index (χ1v) is 6.91. The SMILES string of the molecule is CCc1ccc(S)c(CC)c1.N#Cc1ccccc1. The summed E-state index contributed by atoms with van der Waals surface area (Å²) in [6.07, 6.45) is 2.19. The van der Waals surface area contributed by atoms with Crippen LogP contribution in [0.5, 0.6) is 0 Å². The molecule has 0 spiro atoms. The molecule has 0 radical (unpaired) electrons. The number of hydrogen-bond acceptors (Lipinski definition) is 2. The number of rotatable bonds is 2. The molecular weight excluding hydrogens is 250 g/mol. The fraction of sp³-hybridized carbons (Fsp3) is 0.235. The van der Waals surface area contributed by atoms with E-state index in [0.29, 0.717) is 5.56 Å². The minimum absolute atomic E-state index is 0.715. The lowest BCUT2D eigenvalue weighted by Crippen LogP contribution is -1.86. The van der Waals surface area contributed by atoms with Crippen molar-refractivity contribution in [3.05, 3.63) is 65.2 Å². The van der Waals surface area contributed by atoms with Crippen LogP contribution < -0.4 is 0 Å². The van der Waals surface area contributed by atoms with Crippen LogP contribution in [0.3, 0.4) is 0 Å². The average molecular weight is 269 g/mol. The van der Waals surface area contributed by atoms with Gasteiger partial charge in [-0.25, -0.2) is 0 Å². The summed E-state index contributed by atoms with van der Waals surface area (Å²) < 4.78 is 0. The summed E-state index contributed by atoms with van der Waals surface area (Å²) in [4.78, 5) is 1.12. The van der Waals surface area contributed by atoms with Crippen LogP contribution in [0.1, 0.15) is 30.5 Å². The Morgan fingerprint density at radius 3 is 2.16 bits per heavy atom. The van der Waals surface area contributed by atoms with Crippen LogP contribution in [0, 0.1) is 11.3 Å². The van der Waals surface area contributed by atoms with Gasteiger partial charge in [0.1, 0.15) is 0 Å². The summed E-state index contributed by atoms with van der Waals surface area (Å²) in [5, 5.41) is 8.29. The van der Waals surface area contributed by atoms with Gasteiger partial charge in [0.25, 0.3) is 0 Å². The van der Waals surface area contributed by atoms with Crippen molar-refractivity contribution < 1.29 is 0 Å². The van der Waals surface area contributed by atoms with Crippen molar-refractivity contribution in [2.45, 2.75) is 31.6 Å². The van der Waals surface area contributed by atoms with E-state index in [2.05, 4.69) is 44.7 Å². The lowest BCUT2D eigenvalue weighted by molar-refractivity contribution is 1.05. The maximum atomic E-state index is 8.29. The quantitative estimate of drug-likeness (QED) is 0.788. The van der Waals surface area contributed by atoms with Crippen LogP contribution in [0.4, 0.5) is 0 Å². The third-order valence-electron chi connectivity index (χ3n) is 2.84. The molecule has 0 bridgehead atoms. The van der Waals surface area contributed by atoms with Crippen molar-refractivity contribution in [1.82, 2.24) is 0 Å². The highest BCUT2D eigenvalue weighted by Crippen LogP contribution is 2.16. The standard InChI is InChI=1S/C10H14S.C7H5N/c1-3-8-5-6-10(11)9(4-2)7-8;8-6-7-4-2-1-3-5-7/h5-7,11H,3-4H2,1-2H3;1-5H. The number of benzene rings is 2. The molecule has 0 fully saturated rings. The van der Waals surface area contributed by atoms with Crippen molar-refractivity contribution in [1.29, 1.82) is 5.26 Å². The Morgan fingerprint density at radius 1 is 1.00 bits per heavy atom. The van der Waals surface area contributed by atoms with Gasteiger partial charge in [-0.1, -0.05) is 44.2 Å². The van der Waals surface area contributed by atoms with E-state index in [1.165, 1.54) is 11.1 Å². The maximum Gasteiger partial charge on any atom is 0.0991 e. The van der Waals surface area contributed by atoms with Gasteiger partial charge in [0.15, 0.2) is 0 Å². The predicted octanol–water partition coefficient (Wildman–Crippen LogP) is 4.66. The van der Waals surface area contributed by atoms with E-state index in [9.17, 15) is 0 Å². The first-order valence-electron chi connectivity index (χ1n) is 6.47. The molecule has 19 heavy (non-hydrogen) atoms. The van der Waals surface area contributed by atoms with Gasteiger partial charge >= 0.3 is 0 Å². The Hall–Kier alpha value is -1.72. The lowest BCUT2D eigenvalue weighted by atomic mass is 10.1. The lowest BCUT2D eigenvalue weighted by Gasteiger charge is -2.03. The smallest absolute Gasteiger partial charge is 0.0991 e. The van der Waals surface area contributed by atoms with Crippen LogP contribution in [0.2, 0.25) is 0 Å². The van der Waals surface area contributed by atoms with E-state index in [4.69, 9.17) is 5.26 Å². The van der Waals surface area contributed by atoms with Crippen LogP contribution in [-0.2, 0) is 12.8 Å². The third kappa shape index (κ3) is 5.19. The van der Waals surface area contributed by atoms with Crippen molar-refractivity contribution >= 4 is 12.6 Å². The molecule has 0 saturated heterocycles. The Balaban J connectivity index is 0.000000200. The van der Waals surface area contributed by atoms with Crippen molar-refractivity contribution in [3.63, 3.8) is 0 Å². The molecule has 0 N–H and O–H groups in total. The maximum absolute atomic E-state index is 8.29. The van der Waals surface area contributed by atoms with Gasteiger partial charge in [-0.15, -0.1) is 12.6 Å². The van der Waals surface area contributed by atoms with Gasteiger partial charge in [-0.3, -0.25) is 0 Å². The molecule has 0 saturated carbocycles. The number of nitrogens with zero attached hydrogens (tertiary/aromatic N) is 1. The molecule has 2 rings (SSSR count). The van der Waals surface area contributed by atoms with Gasteiger partial charge in [0, 0.05) is 4.90 Å². The second-order valence-corrected chi connectivity index (χ2v) is 4.63. The number of aryl methyl sites for hydroxylation is 2. The number of thiol groups is 1. The zero-order chi connectivity index (χ0) is 14.1. The van der Waals surface area contributed by atoms with E-state index in [-0.39, 0.29) is 0 Å². The Kier molecular flexibility index (Phi) is 6.78. The first-order chi connectivity index (χ1) is 9.21. The monoisotopic (exact) mass is 269 g/mol. The van der Waals surface area contributed by atoms with Crippen molar-refractivity contribution in [3.8, 4) is 6.07 Å². The second-order valence-electron chi connectivity index (χ2n) is 4.15. The Labute approximate surface area is 121 Å². The molecule has 0 heterocycles. The van der Waals surface area contributed by atoms with E-state index < -0.39 is 0 Å². The van der Waals surface area contributed by atoms with Crippen molar-refractivity contribution in [2.24, 2.45) is 0 Å². The molecule has 0 unspecified atom stereocenters. The second kappa shape index (κ2) is 8.39. The van der Waals surface area contributed by atoms with Gasteiger partial charge in [-0.2, -0.15) is 5.26 Å². The van der Waals surface area contributed by atoms with Gasteiger partial charge in [-0.05, 0) is 42.2 Å². The highest BCUT2D eigenvalue weighted by molar-refractivity contribution is 7.80. The van der Waals surface area contributed by atoms with Crippen molar-refractivity contribution in [2.75, 3.05) is 0 Å². The summed E-state index contributed by atoms with van der Waals surface area (Å²) in [6, 6.07) is 17.6.